The maximum absolute atomic E-state index is 12.5. The van der Waals surface area contributed by atoms with Gasteiger partial charge in [0, 0.05) is 31.5 Å². The summed E-state index contributed by atoms with van der Waals surface area (Å²) in [5.41, 5.74) is 10.2. The zero-order chi connectivity index (χ0) is 27.1. The van der Waals surface area contributed by atoms with Crippen LogP contribution in [0.3, 0.4) is 0 Å². The lowest BCUT2D eigenvalue weighted by Crippen LogP contribution is -2.34. The van der Waals surface area contributed by atoms with Gasteiger partial charge in [0.2, 0.25) is 0 Å². The predicted molar refractivity (Wildman–Crippen MR) is 154 cm³/mol. The SMILES string of the molecule is CN(C(=O)OC(C)(C)C)c1cccc(Nc2ncnc(N(Cc3ccccc3)Cc3ccccc3)c2N)c1. The van der Waals surface area contributed by atoms with Crippen LogP contribution in [-0.4, -0.2) is 28.7 Å². The van der Waals surface area contributed by atoms with Gasteiger partial charge in [0.05, 0.1) is 0 Å². The molecule has 1 heterocycles. The molecule has 0 aliphatic rings. The largest absolute Gasteiger partial charge is 0.443 e. The molecule has 0 spiro atoms. The number of aromatic nitrogens is 2. The number of carbonyl (C=O) groups excluding carboxylic acids is 1. The summed E-state index contributed by atoms with van der Waals surface area (Å²) in [6, 6.07) is 27.9. The molecule has 4 rings (SSSR count). The van der Waals surface area contributed by atoms with Crippen LogP contribution < -0.4 is 20.9 Å². The zero-order valence-electron chi connectivity index (χ0n) is 22.3. The highest BCUT2D eigenvalue weighted by Gasteiger charge is 2.21. The van der Waals surface area contributed by atoms with Gasteiger partial charge in [0.15, 0.2) is 11.6 Å². The quantitative estimate of drug-likeness (QED) is 0.284. The number of benzene rings is 3. The van der Waals surface area contributed by atoms with E-state index >= 15 is 0 Å². The molecule has 0 atom stereocenters. The van der Waals surface area contributed by atoms with Crippen LogP contribution in [0.4, 0.5) is 33.5 Å². The summed E-state index contributed by atoms with van der Waals surface area (Å²) < 4.78 is 5.49. The van der Waals surface area contributed by atoms with Crippen molar-refractivity contribution in [2.45, 2.75) is 39.5 Å². The molecule has 0 saturated heterocycles. The van der Waals surface area contributed by atoms with Crippen molar-refractivity contribution in [2.75, 3.05) is 27.9 Å². The number of carbonyl (C=O) groups is 1. The molecule has 1 amide bonds. The number of nitrogens with one attached hydrogen (secondary N) is 1. The van der Waals surface area contributed by atoms with Crippen LogP contribution in [0.1, 0.15) is 31.9 Å². The van der Waals surface area contributed by atoms with Crippen molar-refractivity contribution in [1.29, 1.82) is 0 Å². The minimum Gasteiger partial charge on any atom is -0.443 e. The number of ether oxygens (including phenoxy) is 1. The fraction of sp³-hybridized carbons (Fsp3) is 0.233. The highest BCUT2D eigenvalue weighted by molar-refractivity contribution is 5.88. The van der Waals surface area contributed by atoms with E-state index in [0.717, 1.165) is 16.8 Å². The van der Waals surface area contributed by atoms with E-state index in [0.29, 0.717) is 36.1 Å². The first-order valence-corrected chi connectivity index (χ1v) is 12.5. The summed E-state index contributed by atoms with van der Waals surface area (Å²) in [6.45, 7) is 6.78. The van der Waals surface area contributed by atoms with Gasteiger partial charge in [0.25, 0.3) is 0 Å². The Kier molecular flexibility index (Phi) is 8.11. The number of nitrogens with zero attached hydrogens (tertiary/aromatic N) is 4. The summed E-state index contributed by atoms with van der Waals surface area (Å²) in [5, 5.41) is 3.30. The van der Waals surface area contributed by atoms with Crippen LogP contribution in [0, 0.1) is 0 Å². The molecule has 0 fully saturated rings. The van der Waals surface area contributed by atoms with E-state index in [2.05, 4.69) is 44.5 Å². The number of nitrogens with two attached hydrogens (primary N) is 1. The summed E-state index contributed by atoms with van der Waals surface area (Å²) >= 11 is 0. The average Bonchev–Trinajstić information content (AvgIpc) is 2.89. The molecule has 8 heteroatoms. The van der Waals surface area contributed by atoms with Crippen molar-refractivity contribution in [3.63, 3.8) is 0 Å². The van der Waals surface area contributed by atoms with Crippen molar-refractivity contribution in [3.8, 4) is 0 Å². The summed E-state index contributed by atoms with van der Waals surface area (Å²) in [7, 11) is 1.68. The number of rotatable bonds is 8. The Morgan fingerprint density at radius 2 is 1.50 bits per heavy atom. The first-order chi connectivity index (χ1) is 18.2. The molecular formula is C30H34N6O2. The Balaban J connectivity index is 1.59. The molecule has 0 saturated carbocycles. The smallest absolute Gasteiger partial charge is 0.414 e. The average molecular weight is 511 g/mol. The van der Waals surface area contributed by atoms with Crippen molar-refractivity contribution >= 4 is 34.8 Å². The Labute approximate surface area is 224 Å². The Morgan fingerprint density at radius 1 is 0.895 bits per heavy atom. The predicted octanol–water partition coefficient (Wildman–Crippen LogP) is 6.38. The highest BCUT2D eigenvalue weighted by atomic mass is 16.6. The topological polar surface area (TPSA) is 96.6 Å². The zero-order valence-corrected chi connectivity index (χ0v) is 22.3. The van der Waals surface area contributed by atoms with Gasteiger partial charge in [-0.25, -0.2) is 14.8 Å². The van der Waals surface area contributed by atoms with Gasteiger partial charge in [-0.15, -0.1) is 0 Å². The van der Waals surface area contributed by atoms with E-state index in [-0.39, 0.29) is 0 Å². The minimum absolute atomic E-state index is 0.434. The van der Waals surface area contributed by atoms with Crippen LogP contribution in [-0.2, 0) is 17.8 Å². The molecule has 0 aliphatic heterocycles. The van der Waals surface area contributed by atoms with E-state index in [1.54, 1.807) is 7.05 Å². The second-order valence-electron chi connectivity index (χ2n) is 10.0. The molecule has 3 aromatic carbocycles. The molecule has 4 aromatic rings. The summed E-state index contributed by atoms with van der Waals surface area (Å²) in [4.78, 5) is 25.1. The van der Waals surface area contributed by atoms with Crippen LogP contribution in [0.2, 0.25) is 0 Å². The maximum Gasteiger partial charge on any atom is 0.414 e. The fourth-order valence-corrected chi connectivity index (χ4v) is 3.92. The third-order valence-corrected chi connectivity index (χ3v) is 5.76. The van der Waals surface area contributed by atoms with Gasteiger partial charge >= 0.3 is 6.09 Å². The third kappa shape index (κ3) is 7.00. The highest BCUT2D eigenvalue weighted by Crippen LogP contribution is 2.31. The fourth-order valence-electron chi connectivity index (χ4n) is 3.92. The van der Waals surface area contributed by atoms with Gasteiger partial charge in [-0.1, -0.05) is 66.7 Å². The standard InChI is InChI=1S/C30H34N6O2/c1-30(2,3)38-29(37)35(4)25-17-11-16-24(18-25)34-27-26(31)28(33-21-32-27)36(19-22-12-7-5-8-13-22)20-23-14-9-6-10-15-23/h5-18,21H,19-20,31H2,1-4H3,(H,32,33,34). The van der Waals surface area contributed by atoms with E-state index in [9.17, 15) is 4.79 Å². The van der Waals surface area contributed by atoms with Crippen LogP contribution in [0.15, 0.2) is 91.3 Å². The summed E-state index contributed by atoms with van der Waals surface area (Å²) in [5.74, 6) is 1.12. The molecule has 0 radical (unpaired) electrons. The third-order valence-electron chi connectivity index (χ3n) is 5.76. The van der Waals surface area contributed by atoms with Gasteiger partial charge < -0.3 is 20.7 Å². The number of nitrogen functional groups attached to an aromatic ring is 1. The normalized spacial score (nSPS) is 11.1. The molecule has 196 valence electrons. The Morgan fingerprint density at radius 3 is 2.08 bits per heavy atom. The molecule has 3 N–H and O–H groups in total. The van der Waals surface area contributed by atoms with Crippen LogP contribution in [0.5, 0.6) is 0 Å². The van der Waals surface area contributed by atoms with Gasteiger partial charge in [-0.2, -0.15) is 0 Å². The lowest BCUT2D eigenvalue weighted by molar-refractivity contribution is 0.0589. The second-order valence-corrected chi connectivity index (χ2v) is 10.0. The molecule has 8 nitrogen and oxygen atoms in total. The van der Waals surface area contributed by atoms with Gasteiger partial charge in [0.1, 0.15) is 17.6 Å². The molecule has 0 aliphatic carbocycles. The van der Waals surface area contributed by atoms with E-state index in [4.69, 9.17) is 10.5 Å². The first kappa shape index (κ1) is 26.5. The Bertz CT molecular complexity index is 1310. The maximum atomic E-state index is 12.5. The summed E-state index contributed by atoms with van der Waals surface area (Å²) in [6.07, 6.45) is 1.07. The number of amides is 1. The number of hydrogen-bond donors (Lipinski definition) is 2. The van der Waals surface area contributed by atoms with Crippen molar-refractivity contribution in [2.24, 2.45) is 0 Å². The molecule has 0 bridgehead atoms. The molecule has 1 aromatic heterocycles. The van der Waals surface area contributed by atoms with Crippen molar-refractivity contribution < 1.29 is 9.53 Å². The van der Waals surface area contributed by atoms with Crippen molar-refractivity contribution in [1.82, 2.24) is 9.97 Å². The molecule has 0 unspecified atom stereocenters. The van der Waals surface area contributed by atoms with E-state index in [1.165, 1.54) is 11.2 Å². The minimum atomic E-state index is -0.585. The number of hydrogen-bond acceptors (Lipinski definition) is 7. The van der Waals surface area contributed by atoms with Crippen molar-refractivity contribution in [3.05, 3.63) is 102 Å². The van der Waals surface area contributed by atoms with Gasteiger partial charge in [-0.05, 0) is 50.1 Å². The lowest BCUT2D eigenvalue weighted by atomic mass is 10.1. The monoisotopic (exact) mass is 510 g/mol. The van der Waals surface area contributed by atoms with Crippen LogP contribution in [0.25, 0.3) is 0 Å². The second kappa shape index (κ2) is 11.6. The van der Waals surface area contributed by atoms with Crippen LogP contribution >= 0.6 is 0 Å². The van der Waals surface area contributed by atoms with Gasteiger partial charge in [-0.3, -0.25) is 4.90 Å². The first-order valence-electron chi connectivity index (χ1n) is 12.5. The Hall–Kier alpha value is -4.59. The molecular weight excluding hydrogens is 476 g/mol. The number of anilines is 5. The van der Waals surface area contributed by atoms with E-state index in [1.807, 2.05) is 81.4 Å². The lowest BCUT2D eigenvalue weighted by Gasteiger charge is -2.26. The molecule has 38 heavy (non-hydrogen) atoms. The van der Waals surface area contributed by atoms with E-state index < -0.39 is 11.7 Å².